The Kier molecular flexibility index (Phi) is 5.09. The fourth-order valence-electron chi connectivity index (χ4n) is 1.68. The van der Waals surface area contributed by atoms with E-state index in [4.69, 9.17) is 0 Å². The maximum absolute atomic E-state index is 11.1. The number of hydrogen-bond acceptors (Lipinski definition) is 5. The third kappa shape index (κ3) is 3.81. The lowest BCUT2D eigenvalue weighted by atomic mass is 9.95. The smallest absolute Gasteiger partial charge is 0.311 e. The highest BCUT2D eigenvalue weighted by molar-refractivity contribution is 5.61. The van der Waals surface area contributed by atoms with Crippen LogP contribution in [0.5, 0.6) is 0 Å². The number of hydrogen-bond donors (Lipinski definition) is 2. The van der Waals surface area contributed by atoms with Crippen molar-refractivity contribution in [2.24, 2.45) is 0 Å². The van der Waals surface area contributed by atoms with Crippen molar-refractivity contribution in [1.29, 1.82) is 0 Å². The molecule has 6 heteroatoms. The number of aromatic nitrogens is 1. The van der Waals surface area contributed by atoms with Crippen LogP contribution in [-0.2, 0) is 0 Å². The lowest BCUT2D eigenvalue weighted by Crippen LogP contribution is -2.33. The lowest BCUT2D eigenvalue weighted by Gasteiger charge is -2.28. The van der Waals surface area contributed by atoms with Crippen LogP contribution in [0.2, 0.25) is 0 Å². The van der Waals surface area contributed by atoms with Crippen LogP contribution < -0.4 is 10.6 Å². The molecule has 0 spiro atoms. The molecule has 1 aromatic rings. The van der Waals surface area contributed by atoms with Crippen molar-refractivity contribution in [1.82, 2.24) is 4.98 Å². The highest BCUT2D eigenvalue weighted by Crippen LogP contribution is 2.29. The second-order valence-electron chi connectivity index (χ2n) is 4.74. The van der Waals surface area contributed by atoms with Crippen LogP contribution in [0.4, 0.5) is 17.3 Å². The summed E-state index contributed by atoms with van der Waals surface area (Å²) in [5.74, 6) is 0.972. The van der Waals surface area contributed by atoms with Gasteiger partial charge in [0, 0.05) is 18.2 Å². The molecule has 0 unspecified atom stereocenters. The van der Waals surface area contributed by atoms with Gasteiger partial charge in [-0.25, -0.2) is 4.98 Å². The molecule has 0 atom stereocenters. The molecule has 2 N–H and O–H groups in total. The van der Waals surface area contributed by atoms with E-state index in [9.17, 15) is 10.1 Å². The van der Waals surface area contributed by atoms with Gasteiger partial charge in [-0.2, -0.15) is 0 Å². The van der Waals surface area contributed by atoms with E-state index in [0.29, 0.717) is 11.6 Å². The molecule has 0 amide bonds. The van der Waals surface area contributed by atoms with Crippen molar-refractivity contribution in [3.05, 3.63) is 22.2 Å². The molecule has 6 nitrogen and oxygen atoms in total. The zero-order chi connectivity index (χ0) is 14.5. The zero-order valence-corrected chi connectivity index (χ0v) is 12.0. The van der Waals surface area contributed by atoms with Crippen molar-refractivity contribution in [2.45, 2.75) is 46.1 Å². The molecule has 0 fully saturated rings. The number of rotatable bonds is 7. The topological polar surface area (TPSA) is 80.1 Å². The summed E-state index contributed by atoms with van der Waals surface area (Å²) in [4.78, 5) is 15.0. The van der Waals surface area contributed by atoms with Crippen molar-refractivity contribution in [3.63, 3.8) is 0 Å². The molecule has 1 heterocycles. The fourth-order valence-corrected chi connectivity index (χ4v) is 1.68. The van der Waals surface area contributed by atoms with E-state index in [1.165, 1.54) is 6.07 Å². The summed E-state index contributed by atoms with van der Waals surface area (Å²) in [5.41, 5.74) is -0.183. The average molecular weight is 266 g/mol. The second-order valence-corrected chi connectivity index (χ2v) is 4.74. The van der Waals surface area contributed by atoms with Crippen molar-refractivity contribution >= 4 is 17.3 Å². The lowest BCUT2D eigenvalue weighted by molar-refractivity contribution is -0.384. The number of anilines is 2. The molecule has 1 aromatic heterocycles. The van der Waals surface area contributed by atoms with Gasteiger partial charge in [-0.05, 0) is 32.8 Å². The zero-order valence-electron chi connectivity index (χ0n) is 12.0. The highest BCUT2D eigenvalue weighted by atomic mass is 16.6. The SMILES string of the molecule is CCNc1ccc([N+](=O)[O-])c(NC(C)(CC)CC)n1. The van der Waals surface area contributed by atoms with Crippen molar-refractivity contribution in [2.75, 3.05) is 17.2 Å². The Balaban J connectivity index is 3.13. The van der Waals surface area contributed by atoms with Gasteiger partial charge in [0.2, 0.25) is 5.82 Å². The van der Waals surface area contributed by atoms with Gasteiger partial charge in [0.25, 0.3) is 0 Å². The number of nitro groups is 1. The minimum Gasteiger partial charge on any atom is -0.370 e. The van der Waals surface area contributed by atoms with Gasteiger partial charge in [-0.15, -0.1) is 0 Å². The summed E-state index contributed by atoms with van der Waals surface area (Å²) in [5, 5.41) is 17.3. The van der Waals surface area contributed by atoms with Gasteiger partial charge in [-0.3, -0.25) is 10.1 Å². The highest BCUT2D eigenvalue weighted by Gasteiger charge is 2.25. The first-order valence-electron chi connectivity index (χ1n) is 6.63. The molecular weight excluding hydrogens is 244 g/mol. The quantitative estimate of drug-likeness (QED) is 0.584. The van der Waals surface area contributed by atoms with E-state index < -0.39 is 4.92 Å². The third-order valence-electron chi connectivity index (χ3n) is 3.41. The Bertz CT molecular complexity index is 444. The van der Waals surface area contributed by atoms with E-state index in [1.54, 1.807) is 6.07 Å². The Morgan fingerprint density at radius 2 is 1.95 bits per heavy atom. The van der Waals surface area contributed by atoms with Crippen LogP contribution in [0.15, 0.2) is 12.1 Å². The molecule has 106 valence electrons. The predicted molar refractivity (Wildman–Crippen MR) is 77.7 cm³/mol. The Hall–Kier alpha value is -1.85. The summed E-state index contributed by atoms with van der Waals surface area (Å²) < 4.78 is 0. The maximum atomic E-state index is 11.1. The molecule has 0 aliphatic heterocycles. The van der Waals surface area contributed by atoms with Gasteiger partial charge < -0.3 is 10.6 Å². The second kappa shape index (κ2) is 6.36. The largest absolute Gasteiger partial charge is 0.370 e. The average Bonchev–Trinajstić information content (AvgIpc) is 2.39. The number of nitrogens with one attached hydrogen (secondary N) is 2. The molecule has 0 aliphatic rings. The first-order valence-corrected chi connectivity index (χ1v) is 6.63. The van der Waals surface area contributed by atoms with Crippen LogP contribution in [0.1, 0.15) is 40.5 Å². The van der Waals surface area contributed by atoms with Crippen LogP contribution in [0.25, 0.3) is 0 Å². The Labute approximate surface area is 113 Å². The summed E-state index contributed by atoms with van der Waals surface area (Å²) in [6, 6.07) is 3.11. The van der Waals surface area contributed by atoms with Crippen LogP contribution in [0.3, 0.4) is 0 Å². The summed E-state index contributed by atoms with van der Waals surface area (Å²) in [7, 11) is 0. The Morgan fingerprint density at radius 3 is 2.42 bits per heavy atom. The molecular formula is C13H22N4O2. The van der Waals surface area contributed by atoms with E-state index in [0.717, 1.165) is 19.4 Å². The van der Waals surface area contributed by atoms with Gasteiger partial charge in [0.1, 0.15) is 5.82 Å². The van der Waals surface area contributed by atoms with Crippen LogP contribution in [-0.4, -0.2) is 22.0 Å². The molecule has 0 aliphatic carbocycles. The Morgan fingerprint density at radius 1 is 1.32 bits per heavy atom. The van der Waals surface area contributed by atoms with Crippen molar-refractivity contribution < 1.29 is 4.92 Å². The molecule has 0 saturated heterocycles. The first kappa shape index (κ1) is 15.2. The molecule has 19 heavy (non-hydrogen) atoms. The van der Waals surface area contributed by atoms with E-state index in [2.05, 4.69) is 29.5 Å². The van der Waals surface area contributed by atoms with Crippen molar-refractivity contribution in [3.8, 4) is 0 Å². The monoisotopic (exact) mass is 266 g/mol. The minimum absolute atomic E-state index is 0.00905. The summed E-state index contributed by atoms with van der Waals surface area (Å²) in [6.07, 6.45) is 1.74. The van der Waals surface area contributed by atoms with Gasteiger partial charge >= 0.3 is 5.69 Å². The normalized spacial score (nSPS) is 11.2. The van der Waals surface area contributed by atoms with Gasteiger partial charge in [0.05, 0.1) is 4.92 Å². The third-order valence-corrected chi connectivity index (χ3v) is 3.41. The fraction of sp³-hybridized carbons (Fsp3) is 0.615. The molecule has 0 bridgehead atoms. The molecule has 1 rings (SSSR count). The molecule has 0 saturated carbocycles. The predicted octanol–water partition coefficient (Wildman–Crippen LogP) is 3.41. The molecule has 0 aromatic carbocycles. The summed E-state index contributed by atoms with van der Waals surface area (Å²) in [6.45, 7) is 8.83. The van der Waals surface area contributed by atoms with E-state index in [-0.39, 0.29) is 11.2 Å². The first-order chi connectivity index (χ1) is 8.95. The van der Waals surface area contributed by atoms with Gasteiger partial charge in [-0.1, -0.05) is 13.8 Å². The van der Waals surface area contributed by atoms with Crippen LogP contribution in [0, 0.1) is 10.1 Å². The number of nitrogens with zero attached hydrogens (tertiary/aromatic N) is 2. The standard InChI is InChI=1S/C13H22N4O2/c1-5-13(4,6-2)16-12-10(17(18)19)8-9-11(15-12)14-7-3/h8-9H,5-7H2,1-4H3,(H2,14,15,16). The van der Waals surface area contributed by atoms with E-state index >= 15 is 0 Å². The van der Waals surface area contributed by atoms with Crippen LogP contribution >= 0.6 is 0 Å². The molecule has 0 radical (unpaired) electrons. The minimum atomic E-state index is -0.406. The summed E-state index contributed by atoms with van der Waals surface area (Å²) >= 11 is 0. The van der Waals surface area contributed by atoms with E-state index in [1.807, 2.05) is 13.8 Å². The maximum Gasteiger partial charge on any atom is 0.311 e. The van der Waals surface area contributed by atoms with Gasteiger partial charge in [0.15, 0.2) is 0 Å². The number of pyridine rings is 1.